The topological polar surface area (TPSA) is 44.8 Å². The van der Waals surface area contributed by atoms with Crippen LogP contribution in [0.15, 0.2) is 54.6 Å². The summed E-state index contributed by atoms with van der Waals surface area (Å²) in [5.41, 5.74) is 2.19. The Bertz CT molecular complexity index is 1050. The highest BCUT2D eigenvalue weighted by atomic mass is 35.5. The zero-order valence-electron chi connectivity index (χ0n) is 16.6. The van der Waals surface area contributed by atoms with E-state index in [1.807, 2.05) is 48.5 Å². The van der Waals surface area contributed by atoms with Gasteiger partial charge in [0.05, 0.1) is 24.0 Å². The number of piperazine rings is 1. The highest BCUT2D eigenvalue weighted by Gasteiger charge is 2.20. The van der Waals surface area contributed by atoms with Crippen molar-refractivity contribution in [1.82, 2.24) is 4.90 Å². The lowest BCUT2D eigenvalue weighted by Crippen LogP contribution is -2.44. The molecule has 29 heavy (non-hydrogen) atoms. The van der Waals surface area contributed by atoms with Gasteiger partial charge in [-0.25, -0.2) is 0 Å². The molecule has 1 N–H and O–H groups in total. The summed E-state index contributed by atoms with van der Waals surface area (Å²) in [4.78, 5) is 17.8. The van der Waals surface area contributed by atoms with E-state index < -0.39 is 0 Å². The number of rotatable bonds is 4. The molecule has 150 valence electrons. The van der Waals surface area contributed by atoms with Gasteiger partial charge in [0.25, 0.3) is 5.91 Å². The molecule has 1 aliphatic heterocycles. The van der Waals surface area contributed by atoms with Crippen LogP contribution in [0.1, 0.15) is 10.4 Å². The second-order valence-corrected chi connectivity index (χ2v) is 7.74. The number of anilines is 2. The second-order valence-electron chi connectivity index (χ2n) is 7.31. The molecule has 0 aliphatic carbocycles. The summed E-state index contributed by atoms with van der Waals surface area (Å²) >= 11 is 6.24. The van der Waals surface area contributed by atoms with Crippen molar-refractivity contribution in [3.8, 4) is 5.75 Å². The van der Waals surface area contributed by atoms with Crippen LogP contribution in [-0.2, 0) is 0 Å². The lowest BCUT2D eigenvalue weighted by atomic mass is 10.0. The Morgan fingerprint density at radius 3 is 2.38 bits per heavy atom. The van der Waals surface area contributed by atoms with Crippen molar-refractivity contribution < 1.29 is 9.53 Å². The number of likely N-dealkylation sites (N-methyl/N-ethyl adjacent to an activating group) is 1. The van der Waals surface area contributed by atoms with Gasteiger partial charge in [0.15, 0.2) is 0 Å². The third-order valence-corrected chi connectivity index (χ3v) is 5.60. The first-order valence-corrected chi connectivity index (χ1v) is 10.0. The van der Waals surface area contributed by atoms with Crippen molar-refractivity contribution in [3.05, 3.63) is 65.2 Å². The SMILES string of the molecule is COc1cc2ccccc2cc1C(=O)Nc1cc(Cl)ccc1N1CCN(C)CC1. The fourth-order valence-electron chi connectivity index (χ4n) is 3.69. The van der Waals surface area contributed by atoms with Gasteiger partial charge in [0, 0.05) is 31.2 Å². The van der Waals surface area contributed by atoms with Crippen LogP contribution in [0.3, 0.4) is 0 Å². The Labute approximate surface area is 175 Å². The Morgan fingerprint density at radius 2 is 1.69 bits per heavy atom. The highest BCUT2D eigenvalue weighted by Crippen LogP contribution is 2.32. The maximum atomic E-state index is 13.2. The van der Waals surface area contributed by atoms with Gasteiger partial charge in [-0.3, -0.25) is 4.79 Å². The van der Waals surface area contributed by atoms with E-state index in [2.05, 4.69) is 22.2 Å². The van der Waals surface area contributed by atoms with Crippen molar-refractivity contribution in [3.63, 3.8) is 0 Å². The van der Waals surface area contributed by atoms with Gasteiger partial charge >= 0.3 is 0 Å². The summed E-state index contributed by atoms with van der Waals surface area (Å²) in [6.07, 6.45) is 0. The van der Waals surface area contributed by atoms with E-state index in [-0.39, 0.29) is 5.91 Å². The van der Waals surface area contributed by atoms with E-state index >= 15 is 0 Å². The quantitative estimate of drug-likeness (QED) is 0.688. The molecule has 0 saturated carbocycles. The molecular weight excluding hydrogens is 386 g/mol. The molecule has 0 atom stereocenters. The molecule has 0 unspecified atom stereocenters. The lowest BCUT2D eigenvalue weighted by Gasteiger charge is -2.35. The van der Waals surface area contributed by atoms with E-state index in [9.17, 15) is 4.79 Å². The molecule has 4 rings (SSSR count). The molecule has 0 spiro atoms. The van der Waals surface area contributed by atoms with Gasteiger partial charge in [-0.1, -0.05) is 35.9 Å². The molecule has 0 aromatic heterocycles. The Hall–Kier alpha value is -2.76. The molecule has 0 bridgehead atoms. The number of methoxy groups -OCH3 is 1. The number of hydrogen-bond donors (Lipinski definition) is 1. The number of fused-ring (bicyclic) bond motifs is 1. The monoisotopic (exact) mass is 409 g/mol. The van der Waals surface area contributed by atoms with Crippen LogP contribution in [0.25, 0.3) is 10.8 Å². The molecule has 1 amide bonds. The molecule has 5 nitrogen and oxygen atoms in total. The van der Waals surface area contributed by atoms with Gasteiger partial charge < -0.3 is 19.9 Å². The number of carbonyl (C=O) groups is 1. The number of ether oxygens (including phenoxy) is 1. The molecule has 1 fully saturated rings. The normalized spacial score (nSPS) is 14.8. The fraction of sp³-hybridized carbons (Fsp3) is 0.261. The van der Waals surface area contributed by atoms with Crippen LogP contribution in [0, 0.1) is 0 Å². The minimum absolute atomic E-state index is 0.217. The summed E-state index contributed by atoms with van der Waals surface area (Å²) in [6.45, 7) is 3.77. The van der Waals surface area contributed by atoms with E-state index in [0.717, 1.165) is 42.6 Å². The van der Waals surface area contributed by atoms with Crippen LogP contribution in [0.5, 0.6) is 5.75 Å². The van der Waals surface area contributed by atoms with Crippen LogP contribution in [0.4, 0.5) is 11.4 Å². The zero-order valence-corrected chi connectivity index (χ0v) is 17.4. The summed E-state index contributed by atoms with van der Waals surface area (Å²) < 4.78 is 5.49. The molecule has 6 heteroatoms. The predicted molar refractivity (Wildman–Crippen MR) is 120 cm³/mol. The largest absolute Gasteiger partial charge is 0.496 e. The maximum absolute atomic E-state index is 13.2. The van der Waals surface area contributed by atoms with Crippen LogP contribution in [0.2, 0.25) is 5.02 Å². The molecule has 0 radical (unpaired) electrons. The van der Waals surface area contributed by atoms with Gasteiger partial charge in [0.2, 0.25) is 0 Å². The number of benzene rings is 3. The third-order valence-electron chi connectivity index (χ3n) is 5.36. The van der Waals surface area contributed by atoms with Gasteiger partial charge in [-0.05, 0) is 48.2 Å². The number of halogens is 1. The summed E-state index contributed by atoms with van der Waals surface area (Å²) in [6, 6.07) is 17.3. The van der Waals surface area contributed by atoms with Crippen LogP contribution < -0.4 is 15.0 Å². The number of nitrogens with one attached hydrogen (secondary N) is 1. The van der Waals surface area contributed by atoms with Gasteiger partial charge in [-0.2, -0.15) is 0 Å². The molecule has 1 aliphatic rings. The predicted octanol–water partition coefficient (Wildman–Crippen LogP) is 4.51. The molecule has 1 heterocycles. The minimum atomic E-state index is -0.217. The Balaban J connectivity index is 1.66. The lowest BCUT2D eigenvalue weighted by molar-refractivity contribution is 0.102. The first-order chi connectivity index (χ1) is 14.0. The van der Waals surface area contributed by atoms with E-state index in [1.54, 1.807) is 13.2 Å². The van der Waals surface area contributed by atoms with E-state index in [0.29, 0.717) is 22.0 Å². The van der Waals surface area contributed by atoms with Gasteiger partial charge in [-0.15, -0.1) is 0 Å². The molecule has 3 aromatic rings. The van der Waals surface area contributed by atoms with Crippen LogP contribution in [-0.4, -0.2) is 51.1 Å². The smallest absolute Gasteiger partial charge is 0.259 e. The Kier molecular flexibility index (Phi) is 5.60. The standard InChI is InChI=1S/C23H24ClN3O2/c1-26-9-11-27(12-10-26)21-8-7-18(24)15-20(21)25-23(28)19-13-16-5-3-4-6-17(16)14-22(19)29-2/h3-8,13-15H,9-12H2,1-2H3,(H,25,28). The molecule has 3 aromatic carbocycles. The zero-order chi connectivity index (χ0) is 20.4. The van der Waals surface area contributed by atoms with E-state index in [1.165, 1.54) is 0 Å². The second kappa shape index (κ2) is 8.31. The minimum Gasteiger partial charge on any atom is -0.496 e. The first kappa shape index (κ1) is 19.6. The highest BCUT2D eigenvalue weighted by molar-refractivity contribution is 6.31. The third kappa shape index (κ3) is 4.16. The first-order valence-electron chi connectivity index (χ1n) is 9.66. The van der Waals surface area contributed by atoms with E-state index in [4.69, 9.17) is 16.3 Å². The number of nitrogens with zero attached hydrogens (tertiary/aromatic N) is 2. The number of amides is 1. The molecule has 1 saturated heterocycles. The van der Waals surface area contributed by atoms with Crippen molar-refractivity contribution >= 4 is 39.7 Å². The summed E-state index contributed by atoms with van der Waals surface area (Å²) in [5, 5.41) is 5.66. The van der Waals surface area contributed by atoms with Crippen molar-refractivity contribution in [2.24, 2.45) is 0 Å². The van der Waals surface area contributed by atoms with Crippen molar-refractivity contribution in [2.75, 3.05) is 50.6 Å². The number of carbonyl (C=O) groups excluding carboxylic acids is 1. The van der Waals surface area contributed by atoms with Crippen molar-refractivity contribution in [2.45, 2.75) is 0 Å². The van der Waals surface area contributed by atoms with Gasteiger partial charge in [0.1, 0.15) is 5.75 Å². The number of hydrogen-bond acceptors (Lipinski definition) is 4. The average molecular weight is 410 g/mol. The Morgan fingerprint density at radius 1 is 1.00 bits per heavy atom. The summed E-state index contributed by atoms with van der Waals surface area (Å²) in [5.74, 6) is 0.328. The van der Waals surface area contributed by atoms with Crippen LogP contribution >= 0.6 is 11.6 Å². The molecular formula is C23H24ClN3O2. The maximum Gasteiger partial charge on any atom is 0.259 e. The fourth-order valence-corrected chi connectivity index (χ4v) is 3.86. The summed E-state index contributed by atoms with van der Waals surface area (Å²) in [7, 11) is 3.70. The van der Waals surface area contributed by atoms with Crippen molar-refractivity contribution in [1.29, 1.82) is 0 Å². The average Bonchev–Trinajstić information content (AvgIpc) is 2.73.